The fraction of sp³-hybridized carbons (Fsp3) is 0.0769. The van der Waals surface area contributed by atoms with Crippen LogP contribution >= 0.6 is 11.6 Å². The van der Waals surface area contributed by atoms with Gasteiger partial charge in [-0.2, -0.15) is 10.2 Å². The number of nitrogens with zero attached hydrogens (tertiary/aromatic N) is 3. The van der Waals surface area contributed by atoms with Crippen LogP contribution in [-0.4, -0.2) is 21.0 Å². The van der Waals surface area contributed by atoms with E-state index in [1.807, 2.05) is 6.07 Å². The van der Waals surface area contributed by atoms with Crippen molar-refractivity contribution in [1.29, 1.82) is 5.26 Å². The fourth-order valence-electron chi connectivity index (χ4n) is 1.50. The molecule has 2 rings (SSSR count). The topological polar surface area (TPSA) is 96.1 Å². The maximum absolute atomic E-state index is 11.1. The van der Waals surface area contributed by atoms with Crippen LogP contribution in [0.25, 0.3) is 0 Å². The maximum Gasteiger partial charge on any atom is 0.339 e. The number of carboxylic acid groups (broad SMARTS) is 1. The third-order valence-corrected chi connectivity index (χ3v) is 2.56. The molecule has 1 heterocycles. The molecule has 2 aromatic rings. The van der Waals surface area contributed by atoms with Crippen LogP contribution in [0.15, 0.2) is 24.3 Å². The molecule has 0 fully saturated rings. The van der Waals surface area contributed by atoms with Crippen molar-refractivity contribution in [3.8, 4) is 17.8 Å². The number of nitriles is 1. The number of hydrogen-bond acceptors (Lipinski definition) is 5. The van der Waals surface area contributed by atoms with E-state index >= 15 is 0 Å². The Morgan fingerprint density at radius 2 is 2.15 bits per heavy atom. The highest BCUT2D eigenvalue weighted by Crippen LogP contribution is 2.27. The van der Waals surface area contributed by atoms with Crippen molar-refractivity contribution in [2.75, 3.05) is 0 Å². The number of ether oxygens (including phenoxy) is 1. The molecular formula is C13H8ClN3O3. The van der Waals surface area contributed by atoms with E-state index in [-0.39, 0.29) is 23.0 Å². The monoisotopic (exact) mass is 289 g/mol. The molecular weight excluding hydrogens is 282 g/mol. The minimum Gasteiger partial charge on any atom is -0.478 e. The van der Waals surface area contributed by atoms with Crippen LogP contribution in [0.4, 0.5) is 0 Å². The largest absolute Gasteiger partial charge is 0.478 e. The van der Waals surface area contributed by atoms with Crippen molar-refractivity contribution in [2.45, 2.75) is 6.92 Å². The lowest BCUT2D eigenvalue weighted by Crippen LogP contribution is -2.02. The van der Waals surface area contributed by atoms with E-state index in [4.69, 9.17) is 26.7 Å². The highest BCUT2D eigenvalue weighted by atomic mass is 35.5. The van der Waals surface area contributed by atoms with E-state index in [2.05, 4.69) is 9.97 Å². The molecule has 1 aromatic carbocycles. The first-order valence-corrected chi connectivity index (χ1v) is 5.84. The number of benzene rings is 1. The second-order valence-electron chi connectivity index (χ2n) is 3.84. The van der Waals surface area contributed by atoms with Crippen LogP contribution in [0.5, 0.6) is 11.8 Å². The van der Waals surface area contributed by atoms with Gasteiger partial charge in [-0.3, -0.25) is 0 Å². The maximum atomic E-state index is 11.1. The molecule has 7 heteroatoms. The molecule has 0 saturated heterocycles. The highest BCUT2D eigenvalue weighted by Gasteiger charge is 2.14. The van der Waals surface area contributed by atoms with Gasteiger partial charge >= 0.3 is 12.0 Å². The van der Waals surface area contributed by atoms with Crippen LogP contribution in [0.1, 0.15) is 21.7 Å². The molecule has 0 aliphatic heterocycles. The van der Waals surface area contributed by atoms with Crippen LogP contribution in [0.2, 0.25) is 5.02 Å². The van der Waals surface area contributed by atoms with Crippen LogP contribution in [0, 0.1) is 18.3 Å². The van der Waals surface area contributed by atoms with Gasteiger partial charge in [0.15, 0.2) is 0 Å². The molecule has 20 heavy (non-hydrogen) atoms. The first kappa shape index (κ1) is 13.8. The summed E-state index contributed by atoms with van der Waals surface area (Å²) in [6, 6.07) is 7.36. The quantitative estimate of drug-likeness (QED) is 0.933. The van der Waals surface area contributed by atoms with Crippen LogP contribution < -0.4 is 4.74 Å². The van der Waals surface area contributed by atoms with Gasteiger partial charge in [0.05, 0.1) is 0 Å². The lowest BCUT2D eigenvalue weighted by atomic mass is 10.2. The molecule has 0 amide bonds. The summed E-state index contributed by atoms with van der Waals surface area (Å²) in [6.07, 6.45) is 0. The van der Waals surface area contributed by atoms with Gasteiger partial charge in [0.1, 0.15) is 23.1 Å². The van der Waals surface area contributed by atoms with E-state index < -0.39 is 5.97 Å². The van der Waals surface area contributed by atoms with Gasteiger partial charge < -0.3 is 9.84 Å². The Labute approximate surface area is 119 Å². The number of aromatic carboxylic acids is 1. The molecule has 0 aliphatic carbocycles. The van der Waals surface area contributed by atoms with E-state index in [1.165, 1.54) is 24.3 Å². The van der Waals surface area contributed by atoms with Crippen molar-refractivity contribution >= 4 is 17.6 Å². The number of aryl methyl sites for hydroxylation is 1. The molecule has 0 spiro atoms. The Morgan fingerprint density at radius 1 is 1.40 bits per heavy atom. The number of carbonyl (C=O) groups is 1. The van der Waals surface area contributed by atoms with Crippen LogP contribution in [0.3, 0.4) is 0 Å². The molecule has 0 radical (unpaired) electrons. The second-order valence-corrected chi connectivity index (χ2v) is 4.27. The third-order valence-electron chi connectivity index (χ3n) is 2.32. The van der Waals surface area contributed by atoms with E-state index in [0.717, 1.165) is 0 Å². The average molecular weight is 290 g/mol. The zero-order valence-corrected chi connectivity index (χ0v) is 11.0. The minimum absolute atomic E-state index is 0.0134. The van der Waals surface area contributed by atoms with Crippen molar-refractivity contribution in [1.82, 2.24) is 9.97 Å². The smallest absolute Gasteiger partial charge is 0.339 e. The van der Waals surface area contributed by atoms with Gasteiger partial charge in [0, 0.05) is 16.8 Å². The molecule has 0 atom stereocenters. The average Bonchev–Trinajstić information content (AvgIpc) is 2.37. The van der Waals surface area contributed by atoms with Gasteiger partial charge in [-0.25, -0.2) is 9.78 Å². The van der Waals surface area contributed by atoms with Crippen molar-refractivity contribution in [3.63, 3.8) is 0 Å². The Hall–Kier alpha value is -2.65. The fourth-order valence-corrected chi connectivity index (χ4v) is 1.66. The number of halogens is 1. The highest BCUT2D eigenvalue weighted by molar-refractivity contribution is 6.30. The van der Waals surface area contributed by atoms with Gasteiger partial charge in [-0.15, -0.1) is 0 Å². The molecule has 0 unspecified atom stereocenters. The summed E-state index contributed by atoms with van der Waals surface area (Å²) in [5, 5.41) is 18.2. The third kappa shape index (κ3) is 3.02. The molecule has 1 N–H and O–H groups in total. The van der Waals surface area contributed by atoms with Crippen molar-refractivity contribution < 1.29 is 14.6 Å². The lowest BCUT2D eigenvalue weighted by Gasteiger charge is -2.08. The Kier molecular flexibility index (Phi) is 3.82. The molecule has 6 nitrogen and oxygen atoms in total. The standard InChI is InChI=1S/C13H8ClN3O3/c1-7-4-9(6-15)17-13(16-7)20-11-5-8(14)2-3-10(11)12(18)19/h2-5H,1H3,(H,18,19). The number of rotatable bonds is 3. The summed E-state index contributed by atoms with van der Waals surface area (Å²) in [4.78, 5) is 18.9. The van der Waals surface area contributed by atoms with Gasteiger partial charge in [-0.05, 0) is 25.1 Å². The summed E-state index contributed by atoms with van der Waals surface area (Å²) >= 11 is 5.81. The minimum atomic E-state index is -1.16. The summed E-state index contributed by atoms with van der Waals surface area (Å²) in [5.74, 6) is -1.15. The predicted molar refractivity (Wildman–Crippen MR) is 70.0 cm³/mol. The summed E-state index contributed by atoms with van der Waals surface area (Å²) in [5.41, 5.74) is 0.592. The Balaban J connectivity index is 2.44. The van der Waals surface area contributed by atoms with Gasteiger partial charge in [-0.1, -0.05) is 11.6 Å². The van der Waals surface area contributed by atoms with Crippen molar-refractivity contribution in [3.05, 3.63) is 46.2 Å². The van der Waals surface area contributed by atoms with Gasteiger partial charge in [0.25, 0.3) is 0 Å². The molecule has 0 saturated carbocycles. The normalized spacial score (nSPS) is 9.85. The zero-order chi connectivity index (χ0) is 14.7. The van der Waals surface area contributed by atoms with E-state index in [0.29, 0.717) is 10.7 Å². The molecule has 0 aliphatic rings. The number of carboxylic acids is 1. The van der Waals surface area contributed by atoms with E-state index in [9.17, 15) is 4.79 Å². The summed E-state index contributed by atoms with van der Waals surface area (Å²) in [7, 11) is 0. The van der Waals surface area contributed by atoms with Gasteiger partial charge in [0.2, 0.25) is 0 Å². The second kappa shape index (κ2) is 5.55. The number of aromatic nitrogens is 2. The molecule has 100 valence electrons. The van der Waals surface area contributed by atoms with Crippen LogP contribution in [-0.2, 0) is 0 Å². The predicted octanol–water partition coefficient (Wildman–Crippen LogP) is 2.80. The zero-order valence-electron chi connectivity index (χ0n) is 10.3. The molecule has 1 aromatic heterocycles. The van der Waals surface area contributed by atoms with Crippen molar-refractivity contribution in [2.24, 2.45) is 0 Å². The molecule has 0 bridgehead atoms. The first-order valence-electron chi connectivity index (χ1n) is 5.46. The lowest BCUT2D eigenvalue weighted by molar-refractivity contribution is 0.0694. The van der Waals surface area contributed by atoms with E-state index in [1.54, 1.807) is 6.92 Å². The first-order chi connectivity index (χ1) is 9.49. The summed E-state index contributed by atoms with van der Waals surface area (Å²) < 4.78 is 5.34. The number of hydrogen-bond donors (Lipinski definition) is 1. The SMILES string of the molecule is Cc1cc(C#N)nc(Oc2cc(Cl)ccc2C(=O)O)n1. The Bertz CT molecular complexity index is 725. The summed E-state index contributed by atoms with van der Waals surface area (Å²) in [6.45, 7) is 1.67. The Morgan fingerprint density at radius 3 is 2.80 bits per heavy atom.